The van der Waals surface area contributed by atoms with Gasteiger partial charge in [-0.05, 0) is 47.7 Å². The van der Waals surface area contributed by atoms with Crippen molar-refractivity contribution in [3.63, 3.8) is 0 Å². The molecule has 5 aromatic rings. The number of hydrogen-bond donors (Lipinski definition) is 1. The monoisotopic (exact) mass is 558 g/mol. The first-order valence-corrected chi connectivity index (χ1v) is 14.1. The fraction of sp³-hybridized carbons (Fsp3) is 0.162. The standard InChI is InChI=1S/C37H34N2O.ClH/c1-3-28-21-13-14-27(2)35(28)39-26-38(25-33-24-32(22-23-34(33)40)29-15-7-4-8-16-29)36(30-17-9-5-10-18-30)37(39)31-19-11-6-12-20-31;/h4-24,26,36-37H,3,25H2,1-2H3;1H/t36-,37-;/m0./s1. The van der Waals surface area contributed by atoms with Crippen molar-refractivity contribution >= 4 is 12.0 Å². The van der Waals surface area contributed by atoms with Crippen LogP contribution < -0.4 is 17.3 Å². The second-order valence-electron chi connectivity index (χ2n) is 10.6. The van der Waals surface area contributed by atoms with Gasteiger partial charge >= 0.3 is 0 Å². The zero-order valence-electron chi connectivity index (χ0n) is 23.5. The SMILES string of the molecule is CCc1cccc(C)c1N1C=[N+](Cc2cc(-c3ccccc3)ccc2O)[C@@H](c2ccccc2)[C@@H]1c1ccccc1.[Cl-]. The van der Waals surface area contributed by atoms with Crippen LogP contribution in [0.15, 0.2) is 127 Å². The number of benzene rings is 5. The van der Waals surface area contributed by atoms with Gasteiger partial charge in [0.15, 0.2) is 12.1 Å². The molecule has 5 aromatic carbocycles. The van der Waals surface area contributed by atoms with E-state index in [2.05, 4.69) is 139 Å². The van der Waals surface area contributed by atoms with Crippen molar-refractivity contribution in [1.82, 2.24) is 0 Å². The number of phenolic OH excluding ortho intramolecular Hbond substituents is 1. The summed E-state index contributed by atoms with van der Waals surface area (Å²) in [6.07, 6.45) is 3.24. The highest BCUT2D eigenvalue weighted by Crippen LogP contribution is 2.45. The topological polar surface area (TPSA) is 26.5 Å². The van der Waals surface area contributed by atoms with Gasteiger partial charge in [-0.25, -0.2) is 4.90 Å². The van der Waals surface area contributed by atoms with Crippen molar-refractivity contribution in [3.05, 3.63) is 155 Å². The lowest BCUT2D eigenvalue weighted by Crippen LogP contribution is -3.00. The van der Waals surface area contributed by atoms with Gasteiger partial charge in [-0.15, -0.1) is 0 Å². The Balaban J connectivity index is 0.00000337. The van der Waals surface area contributed by atoms with Gasteiger partial charge in [-0.2, -0.15) is 0 Å². The number of anilines is 1. The van der Waals surface area contributed by atoms with Crippen LogP contribution in [0.4, 0.5) is 5.69 Å². The smallest absolute Gasteiger partial charge is 0.240 e. The summed E-state index contributed by atoms with van der Waals surface area (Å²) in [4.78, 5) is 2.47. The van der Waals surface area contributed by atoms with Crippen molar-refractivity contribution in [3.8, 4) is 16.9 Å². The van der Waals surface area contributed by atoms with Crippen molar-refractivity contribution in [1.29, 1.82) is 0 Å². The molecule has 0 fully saturated rings. The predicted octanol–water partition coefficient (Wildman–Crippen LogP) is 5.48. The molecule has 4 heteroatoms. The molecule has 2 atom stereocenters. The minimum Gasteiger partial charge on any atom is -1.00 e. The summed E-state index contributed by atoms with van der Waals surface area (Å²) < 4.78 is 2.41. The molecule has 0 aromatic heterocycles. The maximum Gasteiger partial charge on any atom is 0.240 e. The number of nitrogens with zero attached hydrogens (tertiary/aromatic N) is 2. The summed E-state index contributed by atoms with van der Waals surface area (Å²) >= 11 is 0. The predicted molar refractivity (Wildman–Crippen MR) is 165 cm³/mol. The lowest BCUT2D eigenvalue weighted by atomic mass is 9.91. The first kappa shape index (κ1) is 28.2. The normalized spacial score (nSPS) is 16.2. The molecule has 0 radical (unpaired) electrons. The molecule has 0 aliphatic carbocycles. The lowest BCUT2D eigenvalue weighted by Gasteiger charge is -2.26. The van der Waals surface area contributed by atoms with Crippen LogP contribution in [-0.2, 0) is 13.0 Å². The number of halogens is 1. The van der Waals surface area contributed by atoms with Crippen molar-refractivity contribution in [2.24, 2.45) is 0 Å². The van der Waals surface area contributed by atoms with Crippen LogP contribution in [0.25, 0.3) is 11.1 Å². The average Bonchev–Trinajstić information content (AvgIpc) is 3.37. The molecule has 6 rings (SSSR count). The van der Waals surface area contributed by atoms with Crippen LogP contribution in [0.2, 0.25) is 0 Å². The van der Waals surface area contributed by atoms with E-state index in [-0.39, 0.29) is 24.5 Å². The number of aryl methyl sites for hydroxylation is 2. The molecule has 0 amide bonds. The second kappa shape index (κ2) is 12.4. The van der Waals surface area contributed by atoms with Gasteiger partial charge in [0.25, 0.3) is 0 Å². The fourth-order valence-corrected chi connectivity index (χ4v) is 6.08. The second-order valence-corrected chi connectivity index (χ2v) is 10.6. The summed E-state index contributed by atoms with van der Waals surface area (Å²) in [5.41, 5.74) is 9.54. The quantitative estimate of drug-likeness (QED) is 0.268. The van der Waals surface area contributed by atoms with Gasteiger partial charge in [-0.3, -0.25) is 4.58 Å². The van der Waals surface area contributed by atoms with E-state index in [1.807, 2.05) is 18.2 Å². The molecule has 1 heterocycles. The first-order valence-electron chi connectivity index (χ1n) is 14.1. The van der Waals surface area contributed by atoms with Crippen LogP contribution in [-0.4, -0.2) is 16.0 Å². The molecular formula is C37H35ClN2O. The lowest BCUT2D eigenvalue weighted by molar-refractivity contribution is -0.578. The van der Waals surface area contributed by atoms with Gasteiger partial charge in [0.1, 0.15) is 18.0 Å². The average molecular weight is 559 g/mol. The third kappa shape index (κ3) is 5.64. The number of rotatable bonds is 7. The van der Waals surface area contributed by atoms with E-state index in [4.69, 9.17) is 0 Å². The van der Waals surface area contributed by atoms with Gasteiger partial charge in [0.2, 0.25) is 6.34 Å². The number of hydrogen-bond acceptors (Lipinski definition) is 2. The Morgan fingerprint density at radius 1 is 0.683 bits per heavy atom. The van der Waals surface area contributed by atoms with Gasteiger partial charge in [0.05, 0.1) is 0 Å². The zero-order valence-corrected chi connectivity index (χ0v) is 24.2. The molecule has 0 saturated carbocycles. The maximum absolute atomic E-state index is 11.0. The molecule has 1 N–H and O–H groups in total. The molecule has 41 heavy (non-hydrogen) atoms. The third-order valence-electron chi connectivity index (χ3n) is 8.01. The van der Waals surface area contributed by atoms with E-state index in [1.54, 1.807) is 0 Å². The molecule has 1 aliphatic heterocycles. The van der Waals surface area contributed by atoms with E-state index in [9.17, 15) is 5.11 Å². The highest BCUT2D eigenvalue weighted by atomic mass is 35.5. The zero-order chi connectivity index (χ0) is 27.5. The Morgan fingerprint density at radius 2 is 1.32 bits per heavy atom. The minimum atomic E-state index is 0. The number of para-hydroxylation sites is 1. The molecule has 0 saturated heterocycles. The van der Waals surface area contributed by atoms with Crippen LogP contribution in [0.5, 0.6) is 5.75 Å². The first-order chi connectivity index (χ1) is 19.6. The maximum atomic E-state index is 11.0. The van der Waals surface area contributed by atoms with E-state index in [0.29, 0.717) is 12.3 Å². The van der Waals surface area contributed by atoms with E-state index in [0.717, 1.165) is 23.1 Å². The number of aromatic hydroxyl groups is 1. The Labute approximate surface area is 249 Å². The summed E-state index contributed by atoms with van der Waals surface area (Å²) in [6.45, 7) is 5.02. The molecule has 0 spiro atoms. The van der Waals surface area contributed by atoms with Crippen LogP contribution in [0.1, 0.15) is 46.8 Å². The van der Waals surface area contributed by atoms with Gasteiger partial charge < -0.3 is 17.5 Å². The summed E-state index contributed by atoms with van der Waals surface area (Å²) in [7, 11) is 0. The van der Waals surface area contributed by atoms with Crippen molar-refractivity contribution in [2.75, 3.05) is 4.90 Å². The van der Waals surface area contributed by atoms with Crippen LogP contribution >= 0.6 is 0 Å². The van der Waals surface area contributed by atoms with E-state index in [1.165, 1.54) is 27.9 Å². The Kier molecular flexibility index (Phi) is 8.56. The summed E-state index contributed by atoms with van der Waals surface area (Å²) in [5.74, 6) is 0.319. The summed E-state index contributed by atoms with van der Waals surface area (Å²) in [6, 6.07) is 44.6. The van der Waals surface area contributed by atoms with E-state index >= 15 is 0 Å². The number of phenols is 1. The highest BCUT2D eigenvalue weighted by Gasteiger charge is 2.46. The third-order valence-corrected chi connectivity index (χ3v) is 8.01. The summed E-state index contributed by atoms with van der Waals surface area (Å²) in [5, 5.41) is 11.0. The Morgan fingerprint density at radius 3 is 1.98 bits per heavy atom. The largest absolute Gasteiger partial charge is 1.00 e. The molecule has 3 nitrogen and oxygen atoms in total. The van der Waals surface area contributed by atoms with Gasteiger partial charge in [0, 0.05) is 16.7 Å². The highest BCUT2D eigenvalue weighted by molar-refractivity contribution is 5.83. The van der Waals surface area contributed by atoms with E-state index < -0.39 is 0 Å². The molecular weight excluding hydrogens is 524 g/mol. The molecule has 0 unspecified atom stereocenters. The Bertz CT molecular complexity index is 1630. The molecule has 206 valence electrons. The van der Waals surface area contributed by atoms with Crippen molar-refractivity contribution in [2.45, 2.75) is 38.9 Å². The molecule has 0 bridgehead atoms. The minimum absolute atomic E-state index is 0. The molecule has 1 aliphatic rings. The van der Waals surface area contributed by atoms with Crippen molar-refractivity contribution < 1.29 is 22.1 Å². The Hall–Kier alpha value is -4.34. The van der Waals surface area contributed by atoms with Crippen LogP contribution in [0.3, 0.4) is 0 Å². The van der Waals surface area contributed by atoms with Crippen LogP contribution in [0, 0.1) is 6.92 Å². The van der Waals surface area contributed by atoms with Gasteiger partial charge in [-0.1, -0.05) is 122 Å². The fourth-order valence-electron chi connectivity index (χ4n) is 6.08.